The molecule has 0 atom stereocenters. The van der Waals surface area contributed by atoms with Crippen LogP contribution in [0.2, 0.25) is 0 Å². The molecule has 0 aliphatic heterocycles. The monoisotopic (exact) mass is 324 g/mol. The Labute approximate surface area is 120 Å². The van der Waals surface area contributed by atoms with Crippen molar-refractivity contribution < 1.29 is 13.9 Å². The van der Waals surface area contributed by atoms with E-state index >= 15 is 0 Å². The molecule has 0 heterocycles. The van der Waals surface area contributed by atoms with Gasteiger partial charge in [0.15, 0.2) is 0 Å². The van der Waals surface area contributed by atoms with Gasteiger partial charge in [-0.15, -0.1) is 0 Å². The molecule has 2 nitrogen and oxygen atoms in total. The zero-order valence-electron chi connectivity index (χ0n) is 10.5. The van der Waals surface area contributed by atoms with E-state index in [1.165, 1.54) is 6.07 Å². The summed E-state index contributed by atoms with van der Waals surface area (Å²) < 4.78 is 24.2. The van der Waals surface area contributed by atoms with E-state index in [1.54, 1.807) is 19.2 Å². The first-order valence-electron chi connectivity index (χ1n) is 5.83. The van der Waals surface area contributed by atoms with Crippen LogP contribution < -0.4 is 4.74 Å². The molecule has 0 aliphatic carbocycles. The predicted molar refractivity (Wildman–Crippen MR) is 75.6 cm³/mol. The minimum absolute atomic E-state index is 0.265. The summed E-state index contributed by atoms with van der Waals surface area (Å²) in [5.41, 5.74) is 2.00. The van der Waals surface area contributed by atoms with Crippen LogP contribution in [0.4, 0.5) is 4.39 Å². The SMILES string of the molecule is COc1ccc(COCc2ccc(F)c(Br)c2)cc1. The Morgan fingerprint density at radius 1 is 1.00 bits per heavy atom. The molecule has 0 saturated carbocycles. The maximum Gasteiger partial charge on any atom is 0.137 e. The molecule has 0 bridgehead atoms. The maximum atomic E-state index is 13.1. The second-order valence-electron chi connectivity index (χ2n) is 4.09. The number of hydrogen-bond donors (Lipinski definition) is 0. The van der Waals surface area contributed by atoms with Crippen molar-refractivity contribution >= 4 is 15.9 Å². The summed E-state index contributed by atoms with van der Waals surface area (Å²) in [6.45, 7) is 0.962. The summed E-state index contributed by atoms with van der Waals surface area (Å²) in [6, 6.07) is 12.6. The third kappa shape index (κ3) is 4.04. The summed E-state index contributed by atoms with van der Waals surface area (Å²) in [7, 11) is 1.64. The zero-order valence-corrected chi connectivity index (χ0v) is 12.1. The van der Waals surface area contributed by atoms with Crippen LogP contribution in [0.15, 0.2) is 46.9 Å². The van der Waals surface area contributed by atoms with Crippen molar-refractivity contribution in [3.8, 4) is 5.75 Å². The van der Waals surface area contributed by atoms with Crippen LogP contribution in [0, 0.1) is 5.82 Å². The van der Waals surface area contributed by atoms with Gasteiger partial charge in [0, 0.05) is 0 Å². The predicted octanol–water partition coefficient (Wildman–Crippen LogP) is 4.31. The minimum Gasteiger partial charge on any atom is -0.497 e. The molecule has 0 unspecified atom stereocenters. The highest BCUT2D eigenvalue weighted by Gasteiger charge is 2.01. The van der Waals surface area contributed by atoms with Crippen molar-refractivity contribution in [2.45, 2.75) is 13.2 Å². The summed E-state index contributed by atoms with van der Waals surface area (Å²) in [4.78, 5) is 0. The first kappa shape index (κ1) is 14.0. The van der Waals surface area contributed by atoms with Gasteiger partial charge < -0.3 is 9.47 Å². The third-order valence-electron chi connectivity index (χ3n) is 2.68. The van der Waals surface area contributed by atoms with E-state index in [4.69, 9.17) is 9.47 Å². The molecular weight excluding hydrogens is 311 g/mol. The number of halogens is 2. The molecule has 0 spiro atoms. The van der Waals surface area contributed by atoms with E-state index in [-0.39, 0.29) is 5.82 Å². The van der Waals surface area contributed by atoms with E-state index < -0.39 is 0 Å². The largest absolute Gasteiger partial charge is 0.497 e. The molecule has 0 aliphatic rings. The van der Waals surface area contributed by atoms with E-state index in [9.17, 15) is 4.39 Å². The Kier molecular flexibility index (Phi) is 4.93. The van der Waals surface area contributed by atoms with Gasteiger partial charge in [0.05, 0.1) is 24.8 Å². The highest BCUT2D eigenvalue weighted by atomic mass is 79.9. The summed E-state index contributed by atoms with van der Waals surface area (Å²) >= 11 is 3.15. The molecular formula is C15H14BrFO2. The number of ether oxygens (including phenoxy) is 2. The van der Waals surface area contributed by atoms with E-state index in [0.717, 1.165) is 16.9 Å². The molecule has 0 saturated heterocycles. The Bertz CT molecular complexity index is 540. The normalized spacial score (nSPS) is 10.5. The molecule has 0 amide bonds. The molecule has 19 heavy (non-hydrogen) atoms. The molecule has 4 heteroatoms. The van der Waals surface area contributed by atoms with Crippen molar-refractivity contribution in [3.05, 3.63) is 63.9 Å². The molecule has 0 aromatic heterocycles. The van der Waals surface area contributed by atoms with Crippen LogP contribution >= 0.6 is 15.9 Å². The van der Waals surface area contributed by atoms with E-state index in [0.29, 0.717) is 17.7 Å². The fourth-order valence-corrected chi connectivity index (χ4v) is 2.06. The van der Waals surface area contributed by atoms with Gasteiger partial charge in [-0.1, -0.05) is 18.2 Å². The molecule has 0 fully saturated rings. The molecule has 0 N–H and O–H groups in total. The lowest BCUT2D eigenvalue weighted by Crippen LogP contribution is -1.95. The highest BCUT2D eigenvalue weighted by molar-refractivity contribution is 9.10. The first-order valence-corrected chi connectivity index (χ1v) is 6.63. The lowest BCUT2D eigenvalue weighted by Gasteiger charge is -2.06. The smallest absolute Gasteiger partial charge is 0.137 e. The van der Waals surface area contributed by atoms with Crippen LogP contribution in [-0.2, 0) is 18.0 Å². The standard InChI is InChI=1S/C15H14BrFO2/c1-18-13-5-2-11(3-6-13)9-19-10-12-4-7-15(17)14(16)8-12/h2-8H,9-10H2,1H3. The van der Waals surface area contributed by atoms with Crippen LogP contribution in [0.3, 0.4) is 0 Å². The molecule has 2 rings (SSSR count). The second-order valence-corrected chi connectivity index (χ2v) is 4.94. The average molecular weight is 325 g/mol. The number of rotatable bonds is 5. The van der Waals surface area contributed by atoms with Gasteiger partial charge in [-0.05, 0) is 51.3 Å². The summed E-state index contributed by atoms with van der Waals surface area (Å²) in [5, 5.41) is 0. The summed E-state index contributed by atoms with van der Waals surface area (Å²) in [6.07, 6.45) is 0. The van der Waals surface area contributed by atoms with Crippen molar-refractivity contribution in [1.29, 1.82) is 0 Å². The molecule has 0 radical (unpaired) electrons. The lowest BCUT2D eigenvalue weighted by molar-refractivity contribution is 0.107. The van der Waals surface area contributed by atoms with E-state index in [1.807, 2.05) is 24.3 Å². The summed E-state index contributed by atoms with van der Waals surface area (Å²) in [5.74, 6) is 0.560. The number of benzene rings is 2. The van der Waals surface area contributed by atoms with Gasteiger partial charge in [0.25, 0.3) is 0 Å². The van der Waals surface area contributed by atoms with Crippen LogP contribution in [0.25, 0.3) is 0 Å². The molecule has 2 aromatic carbocycles. The average Bonchev–Trinajstić information content (AvgIpc) is 2.43. The zero-order chi connectivity index (χ0) is 13.7. The van der Waals surface area contributed by atoms with Gasteiger partial charge in [-0.25, -0.2) is 4.39 Å². The Balaban J connectivity index is 1.86. The maximum absolute atomic E-state index is 13.1. The van der Waals surface area contributed by atoms with Gasteiger partial charge in [0.2, 0.25) is 0 Å². The van der Waals surface area contributed by atoms with Gasteiger partial charge in [-0.2, -0.15) is 0 Å². The van der Waals surface area contributed by atoms with Crippen molar-refractivity contribution in [1.82, 2.24) is 0 Å². The van der Waals surface area contributed by atoms with Crippen molar-refractivity contribution in [3.63, 3.8) is 0 Å². The third-order valence-corrected chi connectivity index (χ3v) is 3.29. The van der Waals surface area contributed by atoms with Crippen LogP contribution in [0.5, 0.6) is 5.75 Å². The fourth-order valence-electron chi connectivity index (χ4n) is 1.64. The molecule has 100 valence electrons. The van der Waals surface area contributed by atoms with Crippen LogP contribution in [-0.4, -0.2) is 7.11 Å². The van der Waals surface area contributed by atoms with Gasteiger partial charge in [0.1, 0.15) is 11.6 Å². The topological polar surface area (TPSA) is 18.5 Å². The second kappa shape index (κ2) is 6.68. The molecule has 2 aromatic rings. The first-order chi connectivity index (χ1) is 9.19. The Hall–Kier alpha value is -1.39. The van der Waals surface area contributed by atoms with Crippen molar-refractivity contribution in [2.75, 3.05) is 7.11 Å². The van der Waals surface area contributed by atoms with Crippen molar-refractivity contribution in [2.24, 2.45) is 0 Å². The van der Waals surface area contributed by atoms with Crippen LogP contribution in [0.1, 0.15) is 11.1 Å². The minimum atomic E-state index is -0.265. The Morgan fingerprint density at radius 2 is 1.63 bits per heavy atom. The number of methoxy groups -OCH3 is 1. The quantitative estimate of drug-likeness (QED) is 0.815. The highest BCUT2D eigenvalue weighted by Crippen LogP contribution is 2.18. The fraction of sp³-hybridized carbons (Fsp3) is 0.200. The van der Waals surface area contributed by atoms with Gasteiger partial charge >= 0.3 is 0 Å². The lowest BCUT2D eigenvalue weighted by atomic mass is 10.2. The van der Waals surface area contributed by atoms with E-state index in [2.05, 4.69) is 15.9 Å². The Morgan fingerprint density at radius 3 is 2.26 bits per heavy atom. The van der Waals surface area contributed by atoms with Gasteiger partial charge in [-0.3, -0.25) is 0 Å². The number of hydrogen-bond acceptors (Lipinski definition) is 2.